The molecule has 2 amide bonds. The second kappa shape index (κ2) is 11.1. The highest BCUT2D eigenvalue weighted by molar-refractivity contribution is 5.79. The predicted molar refractivity (Wildman–Crippen MR) is 123 cm³/mol. The minimum atomic E-state index is -0.112. The highest BCUT2D eigenvalue weighted by atomic mass is 16.6. The molecular formula is C24H38N4O4. The molecule has 2 N–H and O–H groups in total. The largest absolute Gasteiger partial charge is 0.507 e. The van der Waals surface area contributed by atoms with Crippen molar-refractivity contribution in [3.8, 4) is 5.75 Å². The van der Waals surface area contributed by atoms with Crippen LogP contribution >= 0.6 is 0 Å². The van der Waals surface area contributed by atoms with Crippen LogP contribution in [0.4, 0.5) is 0 Å². The van der Waals surface area contributed by atoms with Crippen LogP contribution in [0.3, 0.4) is 0 Å². The van der Waals surface area contributed by atoms with Crippen LogP contribution in [0.25, 0.3) is 0 Å². The number of phenols is 1. The molecule has 0 spiro atoms. The molecule has 0 aliphatic carbocycles. The molecule has 2 aliphatic heterocycles. The molecule has 2 aliphatic rings. The van der Waals surface area contributed by atoms with Crippen molar-refractivity contribution < 1.29 is 19.5 Å². The van der Waals surface area contributed by atoms with Crippen LogP contribution < -0.4 is 5.48 Å². The van der Waals surface area contributed by atoms with E-state index in [2.05, 4.69) is 20.1 Å². The number of phenolic OH excluding ortho intramolecular Hbond substituents is 1. The van der Waals surface area contributed by atoms with Crippen molar-refractivity contribution in [1.29, 1.82) is 0 Å². The SMILES string of the molecule is CONC(=O)CN1CCN(C2CCN(C(=O)[C@H](C)Cc3cc(C)c(O)c(C)c3)CC2)CC1. The van der Waals surface area contributed by atoms with Crippen molar-refractivity contribution in [2.24, 2.45) is 5.92 Å². The number of aryl methyl sites for hydroxylation is 2. The smallest absolute Gasteiger partial charge is 0.257 e. The van der Waals surface area contributed by atoms with Crippen LogP contribution in [-0.2, 0) is 20.8 Å². The van der Waals surface area contributed by atoms with E-state index in [9.17, 15) is 14.7 Å². The van der Waals surface area contributed by atoms with E-state index in [0.29, 0.717) is 24.8 Å². The van der Waals surface area contributed by atoms with E-state index >= 15 is 0 Å². The number of hydrogen-bond acceptors (Lipinski definition) is 6. The molecule has 2 heterocycles. The van der Waals surface area contributed by atoms with Gasteiger partial charge in [-0.25, -0.2) is 5.48 Å². The van der Waals surface area contributed by atoms with E-state index in [4.69, 9.17) is 0 Å². The van der Waals surface area contributed by atoms with Gasteiger partial charge in [0, 0.05) is 51.2 Å². The number of piperidine rings is 1. The van der Waals surface area contributed by atoms with Crippen molar-refractivity contribution in [3.63, 3.8) is 0 Å². The van der Waals surface area contributed by atoms with Crippen LogP contribution in [0.2, 0.25) is 0 Å². The van der Waals surface area contributed by atoms with E-state index in [-0.39, 0.29) is 17.7 Å². The summed E-state index contributed by atoms with van der Waals surface area (Å²) in [5.74, 6) is 0.380. The number of amides is 2. The summed E-state index contributed by atoms with van der Waals surface area (Å²) in [5, 5.41) is 9.98. The molecule has 8 nitrogen and oxygen atoms in total. The molecule has 178 valence electrons. The van der Waals surface area contributed by atoms with Gasteiger partial charge in [-0.1, -0.05) is 19.1 Å². The summed E-state index contributed by atoms with van der Waals surface area (Å²) in [6.45, 7) is 11.4. The van der Waals surface area contributed by atoms with E-state index in [1.165, 1.54) is 7.11 Å². The number of hydroxylamine groups is 1. The zero-order valence-corrected chi connectivity index (χ0v) is 19.9. The summed E-state index contributed by atoms with van der Waals surface area (Å²) in [6, 6.07) is 4.47. The molecule has 1 aromatic carbocycles. The van der Waals surface area contributed by atoms with Gasteiger partial charge >= 0.3 is 0 Å². The van der Waals surface area contributed by atoms with E-state index in [1.807, 2.05) is 37.8 Å². The van der Waals surface area contributed by atoms with Gasteiger partial charge in [-0.2, -0.15) is 0 Å². The number of benzene rings is 1. The van der Waals surface area contributed by atoms with Gasteiger partial charge in [-0.15, -0.1) is 0 Å². The second-order valence-electron chi connectivity index (χ2n) is 9.28. The Kier molecular flexibility index (Phi) is 8.51. The fourth-order valence-corrected chi connectivity index (χ4v) is 5.00. The number of piperazine rings is 1. The van der Waals surface area contributed by atoms with Crippen molar-refractivity contribution in [2.45, 2.75) is 46.1 Å². The molecule has 8 heteroatoms. The molecule has 0 bridgehead atoms. The van der Waals surface area contributed by atoms with E-state index in [0.717, 1.165) is 68.8 Å². The number of nitrogens with one attached hydrogen (secondary N) is 1. The van der Waals surface area contributed by atoms with Crippen molar-refractivity contribution in [3.05, 3.63) is 28.8 Å². The van der Waals surface area contributed by atoms with Crippen molar-refractivity contribution in [2.75, 3.05) is 52.9 Å². The molecule has 0 radical (unpaired) electrons. The third-order valence-corrected chi connectivity index (χ3v) is 6.80. The molecule has 1 atom stereocenters. The molecule has 2 saturated heterocycles. The Hall–Kier alpha value is -2.16. The quantitative estimate of drug-likeness (QED) is 0.617. The number of likely N-dealkylation sites (tertiary alicyclic amines) is 1. The van der Waals surface area contributed by atoms with Crippen LogP contribution in [0, 0.1) is 19.8 Å². The van der Waals surface area contributed by atoms with Gasteiger partial charge < -0.3 is 10.0 Å². The fourth-order valence-electron chi connectivity index (χ4n) is 5.00. The molecule has 2 fully saturated rings. The normalized spacial score (nSPS) is 19.7. The fraction of sp³-hybridized carbons (Fsp3) is 0.667. The van der Waals surface area contributed by atoms with Crippen LogP contribution in [0.5, 0.6) is 5.75 Å². The molecule has 32 heavy (non-hydrogen) atoms. The molecule has 1 aromatic rings. The minimum absolute atomic E-state index is 0.0725. The van der Waals surface area contributed by atoms with E-state index in [1.54, 1.807) is 0 Å². The average molecular weight is 447 g/mol. The van der Waals surface area contributed by atoms with Gasteiger partial charge in [-0.05, 0) is 49.8 Å². The zero-order chi connectivity index (χ0) is 23.3. The number of hydrogen-bond donors (Lipinski definition) is 2. The summed E-state index contributed by atoms with van der Waals surface area (Å²) in [4.78, 5) is 36.1. The lowest BCUT2D eigenvalue weighted by atomic mass is 9.95. The average Bonchev–Trinajstić information content (AvgIpc) is 2.77. The monoisotopic (exact) mass is 446 g/mol. The lowest BCUT2D eigenvalue weighted by Crippen LogP contribution is -2.55. The van der Waals surface area contributed by atoms with Gasteiger partial charge in [0.25, 0.3) is 5.91 Å². The number of nitrogens with zero attached hydrogens (tertiary/aromatic N) is 3. The third-order valence-electron chi connectivity index (χ3n) is 6.80. The Morgan fingerprint density at radius 3 is 2.25 bits per heavy atom. The molecule has 0 unspecified atom stereocenters. The summed E-state index contributed by atoms with van der Waals surface area (Å²) in [5.41, 5.74) is 5.20. The molecule has 0 aromatic heterocycles. The first-order chi connectivity index (χ1) is 15.3. The number of carbonyl (C=O) groups excluding carboxylic acids is 2. The zero-order valence-electron chi connectivity index (χ0n) is 19.9. The van der Waals surface area contributed by atoms with Gasteiger partial charge in [0.05, 0.1) is 13.7 Å². The maximum atomic E-state index is 13.0. The maximum Gasteiger partial charge on any atom is 0.257 e. The minimum Gasteiger partial charge on any atom is -0.507 e. The summed E-state index contributed by atoms with van der Waals surface area (Å²) in [7, 11) is 1.45. The molecular weight excluding hydrogens is 408 g/mol. The molecule has 0 saturated carbocycles. The Bertz CT molecular complexity index is 776. The number of rotatable bonds is 7. The first kappa shape index (κ1) is 24.5. The Balaban J connectivity index is 1.43. The number of aromatic hydroxyl groups is 1. The second-order valence-corrected chi connectivity index (χ2v) is 9.28. The van der Waals surface area contributed by atoms with Gasteiger partial charge in [0.1, 0.15) is 5.75 Å². The van der Waals surface area contributed by atoms with E-state index < -0.39 is 0 Å². The standard InChI is InChI=1S/C24H38N4O4/c1-17-13-20(14-18(2)23(17)30)15-19(3)24(31)28-7-5-21(6-8-28)27-11-9-26(10-12-27)16-22(29)25-32-4/h13-14,19,21,30H,5-12,15-16H2,1-4H3,(H,25,29)/t19-/m1/s1. The van der Waals surface area contributed by atoms with Gasteiger partial charge in [0.15, 0.2) is 0 Å². The van der Waals surface area contributed by atoms with Crippen molar-refractivity contribution in [1.82, 2.24) is 20.2 Å². The highest BCUT2D eigenvalue weighted by Gasteiger charge is 2.31. The van der Waals surface area contributed by atoms with Crippen LogP contribution in [0.1, 0.15) is 36.5 Å². The Morgan fingerprint density at radius 1 is 1.09 bits per heavy atom. The lowest BCUT2D eigenvalue weighted by Gasteiger charge is -2.43. The maximum absolute atomic E-state index is 13.0. The van der Waals surface area contributed by atoms with Gasteiger partial charge in [-0.3, -0.25) is 24.2 Å². The lowest BCUT2D eigenvalue weighted by molar-refractivity contribution is -0.136. The van der Waals surface area contributed by atoms with Gasteiger partial charge in [0.2, 0.25) is 5.91 Å². The highest BCUT2D eigenvalue weighted by Crippen LogP contribution is 2.25. The summed E-state index contributed by atoms with van der Waals surface area (Å²) < 4.78 is 0. The first-order valence-electron chi connectivity index (χ1n) is 11.6. The Morgan fingerprint density at radius 2 is 1.69 bits per heavy atom. The van der Waals surface area contributed by atoms with Crippen molar-refractivity contribution >= 4 is 11.8 Å². The summed E-state index contributed by atoms with van der Waals surface area (Å²) >= 11 is 0. The van der Waals surface area contributed by atoms with Crippen LogP contribution in [0.15, 0.2) is 12.1 Å². The topological polar surface area (TPSA) is 85.4 Å². The number of carbonyl (C=O) groups is 2. The third kappa shape index (κ3) is 6.21. The summed E-state index contributed by atoms with van der Waals surface area (Å²) in [6.07, 6.45) is 2.69. The Labute approximate surface area is 191 Å². The molecule has 3 rings (SSSR count). The van der Waals surface area contributed by atoms with Crippen LogP contribution in [-0.4, -0.2) is 90.6 Å². The predicted octanol–water partition coefficient (Wildman–Crippen LogP) is 1.47. The first-order valence-corrected chi connectivity index (χ1v) is 11.6.